The molecule has 0 aliphatic heterocycles. The van der Waals surface area contributed by atoms with Crippen molar-refractivity contribution in [2.45, 2.75) is 33.0 Å². The molecule has 0 heterocycles. The third-order valence-corrected chi connectivity index (χ3v) is 2.75. The zero-order valence-corrected chi connectivity index (χ0v) is 11.3. The van der Waals surface area contributed by atoms with Crippen LogP contribution in [0.1, 0.15) is 26.3 Å². The summed E-state index contributed by atoms with van der Waals surface area (Å²) in [5.74, 6) is -2.02. The second-order valence-electron chi connectivity index (χ2n) is 5.53. The number of alkyl halides is 3. The van der Waals surface area contributed by atoms with E-state index in [9.17, 15) is 22.4 Å². The Bertz CT molecular complexity index is 506. The van der Waals surface area contributed by atoms with Crippen LogP contribution in [0.4, 0.5) is 23.2 Å². The zero-order valence-electron chi connectivity index (χ0n) is 11.3. The third kappa shape index (κ3) is 3.93. The first-order valence-corrected chi connectivity index (χ1v) is 5.86. The van der Waals surface area contributed by atoms with Gasteiger partial charge >= 0.3 is 6.18 Å². The van der Waals surface area contributed by atoms with Gasteiger partial charge in [0, 0.05) is 5.69 Å². The highest BCUT2D eigenvalue weighted by molar-refractivity contribution is 5.95. The van der Waals surface area contributed by atoms with Gasteiger partial charge in [0.15, 0.2) is 0 Å². The van der Waals surface area contributed by atoms with Gasteiger partial charge in [0.2, 0.25) is 5.91 Å². The van der Waals surface area contributed by atoms with Crippen LogP contribution in [0.3, 0.4) is 0 Å². The highest BCUT2D eigenvalue weighted by Gasteiger charge is 2.34. The number of hydrogen-bond donors (Lipinski definition) is 2. The lowest BCUT2D eigenvalue weighted by Crippen LogP contribution is -2.45. The van der Waals surface area contributed by atoms with Gasteiger partial charge in [-0.05, 0) is 23.6 Å². The maximum absolute atomic E-state index is 13.1. The summed E-state index contributed by atoms with van der Waals surface area (Å²) in [6.07, 6.45) is -4.82. The monoisotopic (exact) mass is 292 g/mol. The average molecular weight is 292 g/mol. The second kappa shape index (κ2) is 5.40. The lowest BCUT2D eigenvalue weighted by atomic mass is 9.87. The number of nitrogens with two attached hydrogens (primary N) is 1. The first-order valence-electron chi connectivity index (χ1n) is 5.86. The summed E-state index contributed by atoms with van der Waals surface area (Å²) in [6, 6.07) is 1.35. The molecule has 0 aliphatic rings. The fourth-order valence-electron chi connectivity index (χ4n) is 1.43. The fraction of sp³-hybridized carbons (Fsp3) is 0.462. The number of carbonyl (C=O) groups excluding carboxylic acids is 1. The Labute approximate surface area is 114 Å². The van der Waals surface area contributed by atoms with Gasteiger partial charge in [-0.3, -0.25) is 4.79 Å². The van der Waals surface area contributed by atoms with Crippen LogP contribution in [0, 0.1) is 11.2 Å². The summed E-state index contributed by atoms with van der Waals surface area (Å²) < 4.78 is 50.7. The smallest absolute Gasteiger partial charge is 0.325 e. The number of rotatable bonds is 2. The molecule has 0 saturated heterocycles. The van der Waals surface area contributed by atoms with E-state index >= 15 is 0 Å². The molecule has 7 heteroatoms. The zero-order chi connectivity index (χ0) is 15.7. The highest BCUT2D eigenvalue weighted by Crippen LogP contribution is 2.33. The van der Waals surface area contributed by atoms with Gasteiger partial charge in [0.1, 0.15) is 5.82 Å². The number of hydrogen-bond acceptors (Lipinski definition) is 2. The molecule has 1 atom stereocenters. The number of anilines is 1. The molecule has 0 radical (unpaired) electrons. The molecule has 1 unspecified atom stereocenters. The molecule has 1 aromatic rings. The van der Waals surface area contributed by atoms with E-state index in [2.05, 4.69) is 5.32 Å². The summed E-state index contributed by atoms with van der Waals surface area (Å²) in [6.45, 7) is 5.18. The molecule has 1 rings (SSSR count). The molecule has 0 aromatic heterocycles. The van der Waals surface area contributed by atoms with Crippen molar-refractivity contribution < 1.29 is 22.4 Å². The van der Waals surface area contributed by atoms with Crippen molar-refractivity contribution in [2.75, 3.05) is 5.32 Å². The Hall–Kier alpha value is -1.63. The van der Waals surface area contributed by atoms with Crippen LogP contribution >= 0.6 is 0 Å². The molecule has 112 valence electrons. The van der Waals surface area contributed by atoms with Crippen LogP contribution < -0.4 is 11.1 Å². The Balaban J connectivity index is 2.98. The molecule has 1 amide bonds. The van der Waals surface area contributed by atoms with E-state index in [1.54, 1.807) is 20.8 Å². The van der Waals surface area contributed by atoms with Gasteiger partial charge < -0.3 is 11.1 Å². The lowest BCUT2D eigenvalue weighted by molar-refractivity contribution is -0.140. The summed E-state index contributed by atoms with van der Waals surface area (Å²) >= 11 is 0. The summed E-state index contributed by atoms with van der Waals surface area (Å²) in [7, 11) is 0. The Morgan fingerprint density at radius 1 is 1.25 bits per heavy atom. The molecule has 0 bridgehead atoms. The van der Waals surface area contributed by atoms with Crippen molar-refractivity contribution in [1.82, 2.24) is 0 Å². The number of benzene rings is 1. The SMILES string of the molecule is CC(C)(C)C(N)C(=O)Nc1ccc(F)c(C(F)(F)F)c1. The molecule has 0 spiro atoms. The van der Waals surface area contributed by atoms with Crippen molar-refractivity contribution in [2.24, 2.45) is 11.1 Å². The molecular weight excluding hydrogens is 276 g/mol. The summed E-state index contributed by atoms with van der Waals surface area (Å²) in [5, 5.41) is 2.26. The number of carbonyl (C=O) groups is 1. The number of amides is 1. The van der Waals surface area contributed by atoms with Crippen LogP contribution in [0.2, 0.25) is 0 Å². The maximum atomic E-state index is 13.1. The van der Waals surface area contributed by atoms with Crippen molar-refractivity contribution in [3.05, 3.63) is 29.6 Å². The average Bonchev–Trinajstić information content (AvgIpc) is 2.27. The molecule has 0 fully saturated rings. The number of nitrogens with one attached hydrogen (secondary N) is 1. The van der Waals surface area contributed by atoms with E-state index in [1.165, 1.54) is 0 Å². The number of halogens is 4. The minimum atomic E-state index is -4.82. The van der Waals surface area contributed by atoms with Crippen LogP contribution in [0.15, 0.2) is 18.2 Å². The van der Waals surface area contributed by atoms with Crippen LogP contribution in [-0.4, -0.2) is 11.9 Å². The van der Waals surface area contributed by atoms with Gasteiger partial charge in [-0.1, -0.05) is 20.8 Å². The normalized spacial score (nSPS) is 14.0. The van der Waals surface area contributed by atoms with Crippen molar-refractivity contribution in [1.29, 1.82) is 0 Å². The van der Waals surface area contributed by atoms with E-state index in [-0.39, 0.29) is 5.69 Å². The first kappa shape index (κ1) is 16.4. The summed E-state index contributed by atoms with van der Waals surface area (Å²) in [4.78, 5) is 11.8. The van der Waals surface area contributed by atoms with Gasteiger partial charge in [0.25, 0.3) is 0 Å². The first-order chi connectivity index (χ1) is 8.93. The molecule has 3 nitrogen and oxygen atoms in total. The molecule has 1 aromatic carbocycles. The van der Waals surface area contributed by atoms with Gasteiger partial charge in [-0.2, -0.15) is 13.2 Å². The van der Waals surface area contributed by atoms with Crippen LogP contribution in [0.5, 0.6) is 0 Å². The van der Waals surface area contributed by atoms with Gasteiger partial charge in [0.05, 0.1) is 11.6 Å². The van der Waals surface area contributed by atoms with E-state index in [0.717, 1.165) is 6.07 Å². The van der Waals surface area contributed by atoms with Crippen LogP contribution in [-0.2, 0) is 11.0 Å². The maximum Gasteiger partial charge on any atom is 0.419 e. The summed E-state index contributed by atoms with van der Waals surface area (Å²) in [5.41, 5.74) is 3.56. The fourth-order valence-corrected chi connectivity index (χ4v) is 1.43. The minimum Gasteiger partial charge on any atom is -0.325 e. The topological polar surface area (TPSA) is 55.1 Å². The van der Waals surface area contributed by atoms with Crippen molar-refractivity contribution >= 4 is 11.6 Å². The predicted octanol–water partition coefficient (Wildman–Crippen LogP) is 3.16. The minimum absolute atomic E-state index is 0.150. The Morgan fingerprint density at radius 2 is 1.80 bits per heavy atom. The van der Waals surface area contributed by atoms with Gasteiger partial charge in [-0.25, -0.2) is 4.39 Å². The predicted molar refractivity (Wildman–Crippen MR) is 67.5 cm³/mol. The Morgan fingerprint density at radius 3 is 2.25 bits per heavy atom. The third-order valence-electron chi connectivity index (χ3n) is 2.75. The largest absolute Gasteiger partial charge is 0.419 e. The molecule has 20 heavy (non-hydrogen) atoms. The van der Waals surface area contributed by atoms with Gasteiger partial charge in [-0.15, -0.1) is 0 Å². The molecule has 0 aliphatic carbocycles. The van der Waals surface area contributed by atoms with E-state index < -0.39 is 34.9 Å². The van der Waals surface area contributed by atoms with E-state index in [4.69, 9.17) is 5.73 Å². The lowest BCUT2D eigenvalue weighted by Gasteiger charge is -2.25. The van der Waals surface area contributed by atoms with Crippen molar-refractivity contribution in [3.8, 4) is 0 Å². The van der Waals surface area contributed by atoms with E-state index in [0.29, 0.717) is 12.1 Å². The molecule has 0 saturated carbocycles. The standard InChI is InChI=1S/C13H16F4N2O/c1-12(2,3)10(18)11(20)19-7-4-5-9(14)8(6-7)13(15,16)17/h4-6,10H,18H2,1-3H3,(H,19,20). The highest BCUT2D eigenvalue weighted by atomic mass is 19.4. The quantitative estimate of drug-likeness (QED) is 0.823. The Kier molecular flexibility index (Phi) is 4.43. The van der Waals surface area contributed by atoms with E-state index in [1.807, 2.05) is 0 Å². The van der Waals surface area contributed by atoms with Crippen LogP contribution in [0.25, 0.3) is 0 Å². The second-order valence-corrected chi connectivity index (χ2v) is 5.53. The van der Waals surface area contributed by atoms with Crippen molar-refractivity contribution in [3.63, 3.8) is 0 Å². The molecule has 3 N–H and O–H groups in total. The molecular formula is C13H16F4N2O.